The monoisotopic (exact) mass is 246 g/mol. The minimum absolute atomic E-state index is 0.249. The Labute approximate surface area is 97.2 Å². The number of nitrogens with two attached hydrogens (primary N) is 1. The van der Waals surface area contributed by atoms with E-state index in [9.17, 15) is 4.79 Å². The first kappa shape index (κ1) is 12.3. The number of nitrogens with zero attached hydrogens (tertiary/aromatic N) is 1. The van der Waals surface area contributed by atoms with E-state index >= 15 is 0 Å². The van der Waals surface area contributed by atoms with Crippen molar-refractivity contribution in [2.45, 2.75) is 30.7 Å². The molecule has 0 radical (unpaired) electrons. The average Bonchev–Trinajstić information content (AvgIpc) is 2.43. The lowest BCUT2D eigenvalue weighted by molar-refractivity contribution is 0.00762. The molecule has 1 aromatic rings. The van der Waals surface area contributed by atoms with Gasteiger partial charge in [-0.05, 0) is 27.0 Å². The summed E-state index contributed by atoms with van der Waals surface area (Å²) in [6.45, 7) is 5.45. The molecule has 0 aliphatic heterocycles. The molecule has 0 amide bonds. The molecule has 2 N–H and O–H groups in total. The van der Waals surface area contributed by atoms with Gasteiger partial charge in [0.15, 0.2) is 15.0 Å². The summed E-state index contributed by atoms with van der Waals surface area (Å²) >= 11 is 2.72. The highest BCUT2D eigenvalue weighted by Gasteiger charge is 2.22. The van der Waals surface area contributed by atoms with Crippen molar-refractivity contribution in [3.63, 3.8) is 0 Å². The maximum Gasteiger partial charge on any atom is 0.352 e. The lowest BCUT2D eigenvalue weighted by Gasteiger charge is -2.18. The van der Waals surface area contributed by atoms with E-state index in [1.54, 1.807) is 0 Å². The van der Waals surface area contributed by atoms with Crippen LogP contribution in [0.5, 0.6) is 0 Å². The highest BCUT2D eigenvalue weighted by atomic mass is 32.2. The van der Waals surface area contributed by atoms with Gasteiger partial charge in [-0.3, -0.25) is 0 Å². The fourth-order valence-electron chi connectivity index (χ4n) is 0.870. The summed E-state index contributed by atoms with van der Waals surface area (Å²) in [5.74, 6) is -0.156. The third kappa shape index (κ3) is 3.39. The van der Waals surface area contributed by atoms with Gasteiger partial charge in [0, 0.05) is 0 Å². The first-order valence-corrected chi connectivity index (χ1v) is 6.41. The van der Waals surface area contributed by atoms with E-state index in [0.717, 1.165) is 4.34 Å². The zero-order chi connectivity index (χ0) is 11.6. The molecule has 1 rings (SSSR count). The highest BCUT2D eigenvalue weighted by Crippen LogP contribution is 2.28. The van der Waals surface area contributed by atoms with Crippen molar-refractivity contribution in [2.75, 3.05) is 12.0 Å². The standard InChI is InChI=1S/C9H14N2O2S2/c1-9(2,3)13-7(12)5-6(10)11-8(14-4)15-5/h10H2,1-4H3. The van der Waals surface area contributed by atoms with Crippen LogP contribution in [0, 0.1) is 0 Å². The Kier molecular flexibility index (Phi) is 3.62. The molecule has 0 aliphatic rings. The minimum Gasteiger partial charge on any atom is -0.456 e. The molecule has 0 atom stereocenters. The number of hydrogen-bond donors (Lipinski definition) is 1. The van der Waals surface area contributed by atoms with Crippen LogP contribution in [0.15, 0.2) is 4.34 Å². The van der Waals surface area contributed by atoms with Crippen LogP contribution in [0.4, 0.5) is 5.82 Å². The third-order valence-corrected chi connectivity index (χ3v) is 3.43. The van der Waals surface area contributed by atoms with Crippen LogP contribution in [0.25, 0.3) is 0 Å². The van der Waals surface area contributed by atoms with Crippen LogP contribution in [0.3, 0.4) is 0 Å². The number of esters is 1. The van der Waals surface area contributed by atoms with Gasteiger partial charge in [0.1, 0.15) is 5.60 Å². The van der Waals surface area contributed by atoms with Gasteiger partial charge in [-0.15, -0.1) is 0 Å². The Hall–Kier alpha value is -0.750. The Bertz CT molecular complexity index is 369. The summed E-state index contributed by atoms with van der Waals surface area (Å²) < 4.78 is 5.98. The molecule has 1 heterocycles. The van der Waals surface area contributed by atoms with E-state index in [1.165, 1.54) is 23.1 Å². The van der Waals surface area contributed by atoms with Crippen molar-refractivity contribution >= 4 is 34.9 Å². The largest absolute Gasteiger partial charge is 0.456 e. The molecule has 4 nitrogen and oxygen atoms in total. The molecule has 84 valence electrons. The molecule has 0 unspecified atom stereocenters. The fraction of sp³-hybridized carbons (Fsp3) is 0.556. The maximum absolute atomic E-state index is 11.7. The minimum atomic E-state index is -0.507. The lowest BCUT2D eigenvalue weighted by Crippen LogP contribution is -2.23. The van der Waals surface area contributed by atoms with Crippen LogP contribution in [-0.2, 0) is 4.74 Å². The van der Waals surface area contributed by atoms with Gasteiger partial charge in [0.25, 0.3) is 0 Å². The molecule has 0 aliphatic carbocycles. The van der Waals surface area contributed by atoms with E-state index in [-0.39, 0.29) is 5.82 Å². The number of thioether (sulfide) groups is 1. The molecule has 1 aromatic heterocycles. The number of rotatable bonds is 2. The van der Waals surface area contributed by atoms with E-state index in [1.807, 2.05) is 27.0 Å². The summed E-state index contributed by atoms with van der Waals surface area (Å²) in [5, 5.41) is 0. The number of anilines is 1. The highest BCUT2D eigenvalue weighted by molar-refractivity contribution is 8.00. The molecular weight excluding hydrogens is 232 g/mol. The molecule has 0 aromatic carbocycles. The molecular formula is C9H14N2O2S2. The van der Waals surface area contributed by atoms with Crippen molar-refractivity contribution in [1.82, 2.24) is 4.98 Å². The summed E-state index contributed by atoms with van der Waals surface area (Å²) in [7, 11) is 0. The second kappa shape index (κ2) is 4.40. The zero-order valence-electron chi connectivity index (χ0n) is 9.16. The molecule has 0 spiro atoms. The Morgan fingerprint density at radius 2 is 2.13 bits per heavy atom. The van der Waals surface area contributed by atoms with Crippen molar-refractivity contribution in [3.8, 4) is 0 Å². The number of carbonyl (C=O) groups excluding carboxylic acids is 1. The smallest absolute Gasteiger partial charge is 0.352 e. The van der Waals surface area contributed by atoms with Crippen LogP contribution >= 0.6 is 23.1 Å². The second-order valence-electron chi connectivity index (χ2n) is 3.90. The van der Waals surface area contributed by atoms with Gasteiger partial charge in [0.2, 0.25) is 0 Å². The number of carbonyl (C=O) groups is 1. The van der Waals surface area contributed by atoms with Crippen molar-refractivity contribution in [1.29, 1.82) is 0 Å². The molecule has 0 bridgehead atoms. The summed E-state index contributed by atoms with van der Waals surface area (Å²) in [6.07, 6.45) is 1.89. The van der Waals surface area contributed by atoms with Crippen molar-refractivity contribution in [3.05, 3.63) is 4.88 Å². The quantitative estimate of drug-likeness (QED) is 0.641. The van der Waals surface area contributed by atoms with Crippen LogP contribution in [0.2, 0.25) is 0 Å². The lowest BCUT2D eigenvalue weighted by atomic mass is 10.2. The maximum atomic E-state index is 11.7. The van der Waals surface area contributed by atoms with E-state index in [0.29, 0.717) is 4.88 Å². The average molecular weight is 246 g/mol. The van der Waals surface area contributed by atoms with Crippen molar-refractivity contribution < 1.29 is 9.53 Å². The topological polar surface area (TPSA) is 65.2 Å². The van der Waals surface area contributed by atoms with E-state index < -0.39 is 11.6 Å². The van der Waals surface area contributed by atoms with Gasteiger partial charge in [-0.1, -0.05) is 23.1 Å². The zero-order valence-corrected chi connectivity index (χ0v) is 10.8. The number of nitrogen functional groups attached to an aromatic ring is 1. The van der Waals surface area contributed by atoms with Gasteiger partial charge in [-0.2, -0.15) is 0 Å². The molecule has 0 fully saturated rings. The summed E-state index contributed by atoms with van der Waals surface area (Å²) in [6, 6.07) is 0. The SMILES string of the molecule is CSc1nc(N)c(C(=O)OC(C)(C)C)s1. The first-order chi connectivity index (χ1) is 6.83. The fourth-order valence-corrected chi connectivity index (χ4v) is 2.24. The first-order valence-electron chi connectivity index (χ1n) is 4.37. The third-order valence-electron chi connectivity index (χ3n) is 1.39. The van der Waals surface area contributed by atoms with Gasteiger partial charge in [-0.25, -0.2) is 9.78 Å². The molecule has 0 saturated heterocycles. The number of thiazole rings is 1. The number of hydrogen-bond acceptors (Lipinski definition) is 6. The summed E-state index contributed by atoms with van der Waals surface area (Å²) in [5.41, 5.74) is 5.11. The van der Waals surface area contributed by atoms with Gasteiger partial charge >= 0.3 is 5.97 Å². The van der Waals surface area contributed by atoms with Crippen molar-refractivity contribution in [2.24, 2.45) is 0 Å². The van der Waals surface area contributed by atoms with Crippen LogP contribution < -0.4 is 5.73 Å². The van der Waals surface area contributed by atoms with E-state index in [4.69, 9.17) is 10.5 Å². The Morgan fingerprint density at radius 1 is 1.53 bits per heavy atom. The number of ether oxygens (including phenoxy) is 1. The molecule has 6 heteroatoms. The predicted molar refractivity (Wildman–Crippen MR) is 63.5 cm³/mol. The summed E-state index contributed by atoms with van der Waals surface area (Å²) in [4.78, 5) is 16.1. The van der Waals surface area contributed by atoms with E-state index in [2.05, 4.69) is 4.98 Å². The normalized spacial score (nSPS) is 11.5. The molecule has 0 saturated carbocycles. The Balaban J connectivity index is 2.87. The second-order valence-corrected chi connectivity index (χ2v) is 5.95. The number of aromatic nitrogens is 1. The van der Waals surface area contributed by atoms with Gasteiger partial charge < -0.3 is 10.5 Å². The van der Waals surface area contributed by atoms with Gasteiger partial charge in [0.05, 0.1) is 0 Å². The van der Waals surface area contributed by atoms with Crippen LogP contribution in [0.1, 0.15) is 30.4 Å². The molecule has 15 heavy (non-hydrogen) atoms. The predicted octanol–water partition coefficient (Wildman–Crippen LogP) is 2.40. The Morgan fingerprint density at radius 3 is 2.53 bits per heavy atom. The van der Waals surface area contributed by atoms with Crippen LogP contribution in [-0.4, -0.2) is 22.8 Å².